The van der Waals surface area contributed by atoms with Crippen LogP contribution in [0.1, 0.15) is 33.1 Å². The normalized spacial score (nSPS) is 24.9. The molecule has 2 atom stereocenters. The zero-order valence-corrected chi connectivity index (χ0v) is 11.8. The molecule has 1 heterocycles. The maximum Gasteiger partial charge on any atom is 0.239 e. The highest BCUT2D eigenvalue weighted by Gasteiger charge is 2.30. The van der Waals surface area contributed by atoms with Gasteiger partial charge in [-0.3, -0.25) is 9.69 Å². The number of nitrogens with two attached hydrogens (primary N) is 1. The summed E-state index contributed by atoms with van der Waals surface area (Å²) in [5.74, 6) is 1.37. The fourth-order valence-corrected chi connectivity index (χ4v) is 2.52. The SMILES string of the molecule is CCC(C)C(N)C(=O)N1CCN(CC2CC2)CC1. The van der Waals surface area contributed by atoms with Crippen LogP contribution in [0.25, 0.3) is 0 Å². The third-order valence-corrected chi connectivity index (χ3v) is 4.44. The Morgan fingerprint density at radius 2 is 1.89 bits per heavy atom. The van der Waals surface area contributed by atoms with Crippen LogP contribution in [0.5, 0.6) is 0 Å². The molecule has 4 heteroatoms. The maximum absolute atomic E-state index is 12.2. The van der Waals surface area contributed by atoms with Gasteiger partial charge < -0.3 is 10.6 Å². The van der Waals surface area contributed by atoms with Crippen molar-refractivity contribution in [2.75, 3.05) is 32.7 Å². The van der Waals surface area contributed by atoms with E-state index in [4.69, 9.17) is 5.73 Å². The molecule has 2 aliphatic rings. The molecule has 2 rings (SSSR count). The molecule has 1 aliphatic heterocycles. The van der Waals surface area contributed by atoms with Crippen LogP contribution in [0.4, 0.5) is 0 Å². The Labute approximate surface area is 110 Å². The lowest BCUT2D eigenvalue weighted by Gasteiger charge is -2.36. The molecule has 2 unspecified atom stereocenters. The first-order valence-electron chi connectivity index (χ1n) is 7.38. The Morgan fingerprint density at radius 3 is 2.39 bits per heavy atom. The summed E-state index contributed by atoms with van der Waals surface area (Å²) in [6, 6.07) is -0.315. The van der Waals surface area contributed by atoms with Gasteiger partial charge in [0.25, 0.3) is 0 Å². The smallest absolute Gasteiger partial charge is 0.239 e. The molecule has 0 aromatic carbocycles. The van der Waals surface area contributed by atoms with Crippen LogP contribution in [0, 0.1) is 11.8 Å². The molecular weight excluding hydrogens is 226 g/mol. The van der Waals surface area contributed by atoms with E-state index in [1.807, 2.05) is 4.90 Å². The summed E-state index contributed by atoms with van der Waals surface area (Å²) >= 11 is 0. The van der Waals surface area contributed by atoms with Gasteiger partial charge in [-0.05, 0) is 24.7 Å². The first-order chi connectivity index (χ1) is 8.61. The maximum atomic E-state index is 12.2. The minimum absolute atomic E-state index is 0.149. The third kappa shape index (κ3) is 3.45. The molecule has 104 valence electrons. The quantitative estimate of drug-likeness (QED) is 0.792. The molecule has 0 aromatic heterocycles. The van der Waals surface area contributed by atoms with Crippen LogP contribution in [-0.4, -0.2) is 54.5 Å². The summed E-state index contributed by atoms with van der Waals surface area (Å²) in [6.07, 6.45) is 3.77. The van der Waals surface area contributed by atoms with Crippen molar-refractivity contribution in [2.45, 2.75) is 39.2 Å². The molecule has 0 bridgehead atoms. The van der Waals surface area contributed by atoms with Crippen LogP contribution >= 0.6 is 0 Å². The van der Waals surface area contributed by atoms with Crippen molar-refractivity contribution in [2.24, 2.45) is 17.6 Å². The summed E-state index contributed by atoms with van der Waals surface area (Å²) < 4.78 is 0. The van der Waals surface area contributed by atoms with Gasteiger partial charge in [0, 0.05) is 32.7 Å². The molecule has 1 amide bonds. The zero-order chi connectivity index (χ0) is 13.1. The molecule has 1 saturated heterocycles. The average molecular weight is 253 g/mol. The number of hydrogen-bond donors (Lipinski definition) is 1. The van der Waals surface area contributed by atoms with Crippen molar-refractivity contribution in [3.05, 3.63) is 0 Å². The standard InChI is InChI=1S/C14H27N3O/c1-3-11(2)13(15)14(18)17-8-6-16(7-9-17)10-12-4-5-12/h11-13H,3-10,15H2,1-2H3. The summed E-state index contributed by atoms with van der Waals surface area (Å²) in [4.78, 5) is 16.7. The van der Waals surface area contributed by atoms with E-state index in [2.05, 4.69) is 18.7 Å². The van der Waals surface area contributed by atoms with Crippen LogP contribution < -0.4 is 5.73 Å². The fraction of sp³-hybridized carbons (Fsp3) is 0.929. The highest BCUT2D eigenvalue weighted by molar-refractivity contribution is 5.82. The van der Waals surface area contributed by atoms with Crippen LogP contribution in [0.3, 0.4) is 0 Å². The van der Waals surface area contributed by atoms with Crippen molar-refractivity contribution >= 4 is 5.91 Å². The minimum atomic E-state index is -0.315. The van der Waals surface area contributed by atoms with E-state index in [-0.39, 0.29) is 17.9 Å². The molecule has 2 N–H and O–H groups in total. The fourth-order valence-electron chi connectivity index (χ4n) is 2.52. The van der Waals surface area contributed by atoms with Crippen molar-refractivity contribution in [1.82, 2.24) is 9.80 Å². The number of piperazine rings is 1. The van der Waals surface area contributed by atoms with E-state index >= 15 is 0 Å². The van der Waals surface area contributed by atoms with E-state index in [0.717, 1.165) is 38.5 Å². The lowest BCUT2D eigenvalue weighted by atomic mass is 9.98. The van der Waals surface area contributed by atoms with Crippen LogP contribution in [0.15, 0.2) is 0 Å². The van der Waals surface area contributed by atoms with Gasteiger partial charge in [0.05, 0.1) is 6.04 Å². The Balaban J connectivity index is 1.75. The number of amides is 1. The number of nitrogens with zero attached hydrogens (tertiary/aromatic N) is 2. The van der Waals surface area contributed by atoms with Gasteiger partial charge >= 0.3 is 0 Å². The second-order valence-electron chi connectivity index (χ2n) is 5.98. The lowest BCUT2D eigenvalue weighted by molar-refractivity contribution is -0.135. The molecule has 2 fully saturated rings. The Kier molecular flexibility index (Phi) is 4.62. The second-order valence-corrected chi connectivity index (χ2v) is 5.98. The van der Waals surface area contributed by atoms with Gasteiger partial charge in [-0.1, -0.05) is 20.3 Å². The summed E-state index contributed by atoms with van der Waals surface area (Å²) in [6.45, 7) is 9.15. The number of carbonyl (C=O) groups is 1. The first-order valence-corrected chi connectivity index (χ1v) is 7.38. The summed E-state index contributed by atoms with van der Waals surface area (Å²) in [7, 11) is 0. The van der Waals surface area contributed by atoms with E-state index in [9.17, 15) is 4.79 Å². The number of carbonyl (C=O) groups excluding carboxylic acids is 1. The predicted molar refractivity (Wildman–Crippen MR) is 73.2 cm³/mol. The molecule has 1 saturated carbocycles. The molecular formula is C14H27N3O. The Morgan fingerprint density at radius 1 is 1.28 bits per heavy atom. The average Bonchev–Trinajstić information content (AvgIpc) is 3.21. The molecule has 0 aromatic rings. The van der Waals surface area contributed by atoms with Gasteiger partial charge in [-0.15, -0.1) is 0 Å². The molecule has 4 nitrogen and oxygen atoms in total. The Hall–Kier alpha value is -0.610. The first kappa shape index (κ1) is 13.8. The summed E-state index contributed by atoms with van der Waals surface area (Å²) in [5, 5.41) is 0. The number of rotatable bonds is 5. The van der Waals surface area contributed by atoms with E-state index in [1.165, 1.54) is 19.4 Å². The topological polar surface area (TPSA) is 49.6 Å². The van der Waals surface area contributed by atoms with Crippen molar-refractivity contribution in [3.8, 4) is 0 Å². The predicted octanol–water partition coefficient (Wildman–Crippen LogP) is 0.914. The summed E-state index contributed by atoms with van der Waals surface area (Å²) in [5.41, 5.74) is 6.02. The lowest BCUT2D eigenvalue weighted by Crippen LogP contribution is -2.54. The van der Waals surface area contributed by atoms with E-state index in [0.29, 0.717) is 0 Å². The van der Waals surface area contributed by atoms with Gasteiger partial charge in [0.1, 0.15) is 0 Å². The van der Waals surface area contributed by atoms with E-state index in [1.54, 1.807) is 0 Å². The largest absolute Gasteiger partial charge is 0.339 e. The van der Waals surface area contributed by atoms with Gasteiger partial charge in [-0.2, -0.15) is 0 Å². The third-order valence-electron chi connectivity index (χ3n) is 4.44. The minimum Gasteiger partial charge on any atom is -0.339 e. The molecule has 0 radical (unpaired) electrons. The zero-order valence-electron chi connectivity index (χ0n) is 11.8. The highest BCUT2D eigenvalue weighted by Crippen LogP contribution is 2.29. The Bertz CT molecular complexity index is 283. The van der Waals surface area contributed by atoms with E-state index < -0.39 is 0 Å². The van der Waals surface area contributed by atoms with Gasteiger partial charge in [0.2, 0.25) is 5.91 Å². The second kappa shape index (κ2) is 6.02. The van der Waals surface area contributed by atoms with Crippen LogP contribution in [0.2, 0.25) is 0 Å². The highest BCUT2D eigenvalue weighted by atomic mass is 16.2. The van der Waals surface area contributed by atoms with Crippen LogP contribution in [-0.2, 0) is 4.79 Å². The van der Waals surface area contributed by atoms with Crippen molar-refractivity contribution in [1.29, 1.82) is 0 Å². The molecule has 1 aliphatic carbocycles. The molecule has 0 spiro atoms. The van der Waals surface area contributed by atoms with Gasteiger partial charge in [-0.25, -0.2) is 0 Å². The number of hydrogen-bond acceptors (Lipinski definition) is 3. The molecule has 18 heavy (non-hydrogen) atoms. The van der Waals surface area contributed by atoms with Crippen molar-refractivity contribution < 1.29 is 4.79 Å². The van der Waals surface area contributed by atoms with Crippen molar-refractivity contribution in [3.63, 3.8) is 0 Å². The monoisotopic (exact) mass is 253 g/mol. The van der Waals surface area contributed by atoms with Gasteiger partial charge in [0.15, 0.2) is 0 Å².